The molecule has 0 aliphatic heterocycles. The Hall–Kier alpha value is -0.470. The summed E-state index contributed by atoms with van der Waals surface area (Å²) in [4.78, 5) is 0. The monoisotopic (exact) mass is 250 g/mol. The van der Waals surface area contributed by atoms with Gasteiger partial charge >= 0.3 is 0 Å². The minimum absolute atomic E-state index is 0.299. The van der Waals surface area contributed by atoms with Crippen molar-refractivity contribution in [1.82, 2.24) is 0 Å². The molecule has 1 nitrogen and oxygen atoms in total. The highest BCUT2D eigenvalue weighted by atomic mass is 32.2. The van der Waals surface area contributed by atoms with Crippen molar-refractivity contribution in [2.75, 3.05) is 11.5 Å². The Morgan fingerprint density at radius 1 is 1.41 bits per heavy atom. The molecule has 1 fully saturated rings. The van der Waals surface area contributed by atoms with E-state index in [0.717, 1.165) is 23.0 Å². The molecule has 0 aromatic heterocycles. The number of hydrogen-bond donors (Lipinski definition) is 1. The van der Waals surface area contributed by atoms with Crippen LogP contribution in [0.2, 0.25) is 0 Å². The number of aliphatic hydroxyl groups excluding tert-OH is 1. The quantitative estimate of drug-likeness (QED) is 0.766. The van der Waals surface area contributed by atoms with Crippen molar-refractivity contribution in [2.45, 2.75) is 44.6 Å². The van der Waals surface area contributed by atoms with Crippen LogP contribution in [0.5, 0.6) is 0 Å². The second-order valence-electron chi connectivity index (χ2n) is 4.89. The van der Waals surface area contributed by atoms with E-state index < -0.39 is 0 Å². The maximum Gasteiger partial charge on any atom is 0.0880 e. The van der Waals surface area contributed by atoms with Gasteiger partial charge in [0.25, 0.3) is 0 Å². The molecular weight excluding hydrogens is 228 g/mol. The smallest absolute Gasteiger partial charge is 0.0880 e. The Labute approximate surface area is 109 Å². The third-order valence-corrected chi connectivity index (χ3v) is 4.74. The van der Waals surface area contributed by atoms with E-state index in [4.69, 9.17) is 0 Å². The van der Waals surface area contributed by atoms with E-state index in [0.29, 0.717) is 0 Å². The average molecular weight is 250 g/mol. The largest absolute Gasteiger partial charge is 0.388 e. The molecule has 0 spiro atoms. The molecule has 1 aromatic rings. The minimum atomic E-state index is -0.299. The second kappa shape index (κ2) is 6.46. The lowest BCUT2D eigenvalue weighted by molar-refractivity contribution is 0.204. The Bertz CT molecular complexity index is 347. The fourth-order valence-corrected chi connectivity index (χ4v) is 3.07. The van der Waals surface area contributed by atoms with Gasteiger partial charge in [-0.25, -0.2) is 0 Å². The van der Waals surface area contributed by atoms with Crippen LogP contribution in [0, 0.1) is 0 Å². The number of aliphatic hydroxyl groups is 1. The molecule has 2 heteroatoms. The first-order valence-electron chi connectivity index (χ1n) is 6.67. The van der Waals surface area contributed by atoms with Crippen molar-refractivity contribution in [1.29, 1.82) is 0 Å². The molecule has 17 heavy (non-hydrogen) atoms. The standard InChI is InChI=1S/C15H22OS/c1-2-9-17-11-15(16)14-8-4-7-13(10-14)12-5-3-6-12/h4,7-8,10,12,15-16H,2-3,5-6,9,11H2,1H3. The van der Waals surface area contributed by atoms with Crippen LogP contribution in [0.25, 0.3) is 0 Å². The summed E-state index contributed by atoms with van der Waals surface area (Å²) in [5, 5.41) is 10.1. The molecule has 1 aliphatic carbocycles. The van der Waals surface area contributed by atoms with Crippen LogP contribution in [-0.2, 0) is 0 Å². The van der Waals surface area contributed by atoms with E-state index in [-0.39, 0.29) is 6.10 Å². The van der Waals surface area contributed by atoms with E-state index in [1.807, 2.05) is 11.8 Å². The van der Waals surface area contributed by atoms with Crippen LogP contribution in [0.4, 0.5) is 0 Å². The predicted molar refractivity (Wildman–Crippen MR) is 75.6 cm³/mol. The Morgan fingerprint density at radius 2 is 2.24 bits per heavy atom. The van der Waals surface area contributed by atoms with E-state index in [1.54, 1.807) is 0 Å². The lowest BCUT2D eigenvalue weighted by Gasteiger charge is -2.26. The van der Waals surface area contributed by atoms with E-state index in [9.17, 15) is 5.11 Å². The molecule has 0 saturated heterocycles. The van der Waals surface area contributed by atoms with E-state index in [2.05, 4.69) is 31.2 Å². The fraction of sp³-hybridized carbons (Fsp3) is 0.600. The Balaban J connectivity index is 1.94. The summed E-state index contributed by atoms with van der Waals surface area (Å²) in [6.45, 7) is 2.18. The van der Waals surface area contributed by atoms with Gasteiger partial charge in [-0.15, -0.1) is 0 Å². The van der Waals surface area contributed by atoms with Crippen molar-refractivity contribution >= 4 is 11.8 Å². The average Bonchev–Trinajstić information content (AvgIpc) is 2.27. The van der Waals surface area contributed by atoms with Crippen LogP contribution in [0.15, 0.2) is 24.3 Å². The highest BCUT2D eigenvalue weighted by Gasteiger charge is 2.20. The van der Waals surface area contributed by atoms with Gasteiger partial charge in [0, 0.05) is 5.75 Å². The number of hydrogen-bond acceptors (Lipinski definition) is 2. The highest BCUT2D eigenvalue weighted by molar-refractivity contribution is 7.99. The van der Waals surface area contributed by atoms with Gasteiger partial charge in [-0.05, 0) is 42.1 Å². The second-order valence-corrected chi connectivity index (χ2v) is 6.04. The number of benzene rings is 1. The summed E-state index contributed by atoms with van der Waals surface area (Å²) in [5.41, 5.74) is 2.52. The summed E-state index contributed by atoms with van der Waals surface area (Å²) in [7, 11) is 0. The first kappa shape index (κ1) is 13.0. The first-order valence-corrected chi connectivity index (χ1v) is 7.82. The maximum absolute atomic E-state index is 10.1. The van der Waals surface area contributed by atoms with Crippen molar-refractivity contribution < 1.29 is 5.11 Å². The molecule has 1 aromatic carbocycles. The van der Waals surface area contributed by atoms with E-state index in [1.165, 1.54) is 31.2 Å². The molecule has 0 bridgehead atoms. The Kier molecular flexibility index (Phi) is 4.93. The molecule has 1 saturated carbocycles. The zero-order chi connectivity index (χ0) is 12.1. The normalized spacial score (nSPS) is 17.8. The SMILES string of the molecule is CCCSCC(O)c1cccc(C2CCC2)c1. The number of rotatable bonds is 6. The molecule has 94 valence electrons. The van der Waals surface area contributed by atoms with Gasteiger partial charge in [-0.1, -0.05) is 37.6 Å². The van der Waals surface area contributed by atoms with Crippen molar-refractivity contribution in [3.8, 4) is 0 Å². The molecule has 0 heterocycles. The highest BCUT2D eigenvalue weighted by Crippen LogP contribution is 2.37. The predicted octanol–water partition coefficient (Wildman–Crippen LogP) is 4.13. The van der Waals surface area contributed by atoms with Crippen LogP contribution < -0.4 is 0 Å². The van der Waals surface area contributed by atoms with Gasteiger partial charge in [-0.3, -0.25) is 0 Å². The van der Waals surface area contributed by atoms with Gasteiger partial charge in [0.15, 0.2) is 0 Å². The van der Waals surface area contributed by atoms with Crippen LogP contribution in [0.3, 0.4) is 0 Å². The molecule has 2 rings (SSSR count). The maximum atomic E-state index is 10.1. The van der Waals surface area contributed by atoms with Crippen molar-refractivity contribution in [2.24, 2.45) is 0 Å². The molecule has 1 atom stereocenters. The van der Waals surface area contributed by atoms with Crippen LogP contribution in [-0.4, -0.2) is 16.6 Å². The van der Waals surface area contributed by atoms with Crippen molar-refractivity contribution in [3.63, 3.8) is 0 Å². The van der Waals surface area contributed by atoms with Crippen LogP contribution >= 0.6 is 11.8 Å². The summed E-state index contributed by atoms with van der Waals surface area (Å²) < 4.78 is 0. The minimum Gasteiger partial charge on any atom is -0.388 e. The summed E-state index contributed by atoms with van der Waals surface area (Å²) in [6, 6.07) is 8.57. The van der Waals surface area contributed by atoms with Crippen LogP contribution in [0.1, 0.15) is 55.8 Å². The zero-order valence-electron chi connectivity index (χ0n) is 10.6. The third-order valence-electron chi connectivity index (χ3n) is 3.50. The summed E-state index contributed by atoms with van der Waals surface area (Å²) in [6.07, 6.45) is 4.89. The third kappa shape index (κ3) is 3.49. The topological polar surface area (TPSA) is 20.2 Å². The summed E-state index contributed by atoms with van der Waals surface area (Å²) in [5.74, 6) is 2.71. The fourth-order valence-electron chi connectivity index (χ4n) is 2.20. The molecule has 1 N–H and O–H groups in total. The molecule has 1 unspecified atom stereocenters. The zero-order valence-corrected chi connectivity index (χ0v) is 11.4. The lowest BCUT2D eigenvalue weighted by Crippen LogP contribution is -2.10. The molecule has 0 amide bonds. The molecule has 0 radical (unpaired) electrons. The van der Waals surface area contributed by atoms with Gasteiger partial charge in [0.05, 0.1) is 6.10 Å². The van der Waals surface area contributed by atoms with Gasteiger partial charge < -0.3 is 5.11 Å². The van der Waals surface area contributed by atoms with Gasteiger partial charge in [0.2, 0.25) is 0 Å². The Morgan fingerprint density at radius 3 is 2.88 bits per heavy atom. The van der Waals surface area contributed by atoms with Gasteiger partial charge in [0.1, 0.15) is 0 Å². The van der Waals surface area contributed by atoms with Gasteiger partial charge in [-0.2, -0.15) is 11.8 Å². The molecular formula is C15H22OS. The first-order chi connectivity index (χ1) is 8.31. The van der Waals surface area contributed by atoms with E-state index >= 15 is 0 Å². The van der Waals surface area contributed by atoms with Crippen molar-refractivity contribution in [3.05, 3.63) is 35.4 Å². The number of thioether (sulfide) groups is 1. The summed E-state index contributed by atoms with van der Waals surface area (Å²) >= 11 is 1.84. The lowest BCUT2D eigenvalue weighted by atomic mass is 9.79. The molecule has 1 aliphatic rings.